The summed E-state index contributed by atoms with van der Waals surface area (Å²) in [7, 11) is 0. The topological polar surface area (TPSA) is 93.9 Å². The number of hydrogen-bond donors (Lipinski definition) is 1. The number of nitrogens with one attached hydrogen (secondary N) is 1. The maximum Gasteiger partial charge on any atom is 0.271 e. The zero-order chi connectivity index (χ0) is 20.1. The summed E-state index contributed by atoms with van der Waals surface area (Å²) in [6.07, 6.45) is 0. The second-order valence-corrected chi connectivity index (χ2v) is 6.94. The molecule has 0 spiro atoms. The van der Waals surface area contributed by atoms with Crippen molar-refractivity contribution < 1.29 is 19.2 Å². The van der Waals surface area contributed by atoms with Crippen LogP contribution < -0.4 is 15.0 Å². The van der Waals surface area contributed by atoms with Crippen LogP contribution in [0.25, 0.3) is 0 Å². The van der Waals surface area contributed by atoms with E-state index in [1.807, 2.05) is 11.8 Å². The van der Waals surface area contributed by atoms with Crippen LogP contribution >= 0.6 is 15.9 Å². The average Bonchev–Trinajstić information content (AvgIpc) is 2.70. The molecule has 1 aliphatic rings. The first-order valence-electron chi connectivity index (χ1n) is 8.84. The first-order valence-corrected chi connectivity index (χ1v) is 9.63. The smallest absolute Gasteiger partial charge is 0.271 e. The van der Waals surface area contributed by atoms with Crippen molar-refractivity contribution >= 4 is 38.9 Å². The summed E-state index contributed by atoms with van der Waals surface area (Å²) in [5, 5.41) is 14.0. The monoisotopic (exact) mass is 449 g/mol. The highest BCUT2D eigenvalue weighted by molar-refractivity contribution is 9.10. The third kappa shape index (κ3) is 4.60. The maximum atomic E-state index is 12.7. The zero-order valence-electron chi connectivity index (χ0n) is 15.3. The normalized spacial score (nSPS) is 13.9. The Morgan fingerprint density at radius 1 is 1.29 bits per heavy atom. The molecule has 1 N–H and O–H groups in total. The lowest BCUT2D eigenvalue weighted by Gasteiger charge is -2.30. The Morgan fingerprint density at radius 2 is 2.04 bits per heavy atom. The van der Waals surface area contributed by atoms with Gasteiger partial charge in [-0.2, -0.15) is 0 Å². The van der Waals surface area contributed by atoms with Crippen molar-refractivity contribution in [3.05, 3.63) is 56.5 Å². The third-order valence-electron chi connectivity index (χ3n) is 4.29. The summed E-state index contributed by atoms with van der Waals surface area (Å²) in [5.41, 5.74) is 1.54. The number of amides is 1. The molecule has 8 nitrogen and oxygen atoms in total. The molecule has 2 aromatic rings. The van der Waals surface area contributed by atoms with Crippen molar-refractivity contribution in [1.82, 2.24) is 0 Å². The highest BCUT2D eigenvalue weighted by Gasteiger charge is 2.20. The number of morpholine rings is 1. The van der Waals surface area contributed by atoms with Crippen LogP contribution in [0.4, 0.5) is 17.1 Å². The van der Waals surface area contributed by atoms with Gasteiger partial charge in [0.2, 0.25) is 0 Å². The summed E-state index contributed by atoms with van der Waals surface area (Å²) in [5.74, 6) is 0.343. The van der Waals surface area contributed by atoms with E-state index < -0.39 is 4.92 Å². The van der Waals surface area contributed by atoms with Crippen molar-refractivity contribution in [3.8, 4) is 5.75 Å². The van der Waals surface area contributed by atoms with E-state index in [0.29, 0.717) is 60.1 Å². The largest absolute Gasteiger partial charge is 0.493 e. The lowest BCUT2D eigenvalue weighted by Crippen LogP contribution is -2.36. The summed E-state index contributed by atoms with van der Waals surface area (Å²) in [6, 6.07) is 9.50. The molecule has 1 aliphatic heterocycles. The number of nitrogens with zero attached hydrogens (tertiary/aromatic N) is 2. The fraction of sp³-hybridized carbons (Fsp3) is 0.316. The van der Waals surface area contributed by atoms with Gasteiger partial charge in [0, 0.05) is 30.8 Å². The van der Waals surface area contributed by atoms with Gasteiger partial charge < -0.3 is 19.7 Å². The first kappa shape index (κ1) is 20.1. The molecule has 9 heteroatoms. The van der Waals surface area contributed by atoms with Crippen molar-refractivity contribution in [2.75, 3.05) is 43.1 Å². The maximum absolute atomic E-state index is 12.7. The zero-order valence-corrected chi connectivity index (χ0v) is 16.9. The van der Waals surface area contributed by atoms with E-state index in [9.17, 15) is 14.9 Å². The molecule has 0 saturated carbocycles. The molecule has 2 aromatic carbocycles. The van der Waals surface area contributed by atoms with E-state index in [4.69, 9.17) is 9.47 Å². The first-order chi connectivity index (χ1) is 13.5. The molecule has 0 atom stereocenters. The number of rotatable bonds is 6. The van der Waals surface area contributed by atoms with Crippen LogP contribution in [0.1, 0.15) is 17.3 Å². The molecule has 148 valence electrons. The van der Waals surface area contributed by atoms with Crippen molar-refractivity contribution in [2.24, 2.45) is 0 Å². The number of carbonyl (C=O) groups is 1. The predicted octanol–water partition coefficient (Wildman–Crippen LogP) is 3.84. The molecule has 0 aliphatic carbocycles. The Bertz CT molecular complexity index is 884. The Balaban J connectivity index is 1.87. The van der Waals surface area contributed by atoms with Gasteiger partial charge in [0.25, 0.3) is 11.6 Å². The Morgan fingerprint density at radius 3 is 2.68 bits per heavy atom. The second-order valence-electron chi connectivity index (χ2n) is 6.09. The Kier molecular flexibility index (Phi) is 6.48. The van der Waals surface area contributed by atoms with Gasteiger partial charge in [-0.05, 0) is 47.1 Å². The minimum atomic E-state index is -0.445. The highest BCUT2D eigenvalue weighted by atomic mass is 79.9. The van der Waals surface area contributed by atoms with Gasteiger partial charge in [-0.25, -0.2) is 0 Å². The second kappa shape index (κ2) is 9.03. The summed E-state index contributed by atoms with van der Waals surface area (Å²) >= 11 is 3.40. The van der Waals surface area contributed by atoms with Crippen molar-refractivity contribution in [2.45, 2.75) is 6.92 Å². The number of hydrogen-bond acceptors (Lipinski definition) is 6. The number of benzene rings is 2. The number of halogens is 1. The standard InChI is InChI=1S/C19H20BrN3O5/c1-2-28-18-6-3-13(11-15(18)20)19(24)21-16-5-4-14(23(25)26)12-17(16)22-7-9-27-10-8-22/h3-6,11-12H,2,7-10H2,1H3,(H,21,24). The van der Waals surface area contributed by atoms with Gasteiger partial charge in [0.1, 0.15) is 5.75 Å². The van der Waals surface area contributed by atoms with E-state index in [0.717, 1.165) is 0 Å². The Labute approximate surface area is 170 Å². The van der Waals surface area contributed by atoms with Gasteiger partial charge in [0.05, 0.1) is 40.6 Å². The predicted molar refractivity (Wildman–Crippen MR) is 109 cm³/mol. The summed E-state index contributed by atoms with van der Waals surface area (Å²) < 4.78 is 11.5. The number of ether oxygens (including phenoxy) is 2. The van der Waals surface area contributed by atoms with E-state index in [2.05, 4.69) is 21.2 Å². The lowest BCUT2D eigenvalue weighted by atomic mass is 10.1. The molecule has 1 saturated heterocycles. The number of non-ortho nitro benzene ring substituents is 1. The number of anilines is 2. The SMILES string of the molecule is CCOc1ccc(C(=O)Nc2ccc([N+](=O)[O-])cc2N2CCOCC2)cc1Br. The van der Waals surface area contributed by atoms with Crippen LogP contribution in [0.2, 0.25) is 0 Å². The van der Waals surface area contributed by atoms with E-state index in [-0.39, 0.29) is 11.6 Å². The number of nitro benzene ring substituents is 1. The lowest BCUT2D eigenvalue weighted by molar-refractivity contribution is -0.384. The van der Waals surface area contributed by atoms with Gasteiger partial charge in [-0.15, -0.1) is 0 Å². The molecule has 0 aromatic heterocycles. The van der Waals surface area contributed by atoms with Gasteiger partial charge >= 0.3 is 0 Å². The molecule has 1 fully saturated rings. The molecular weight excluding hydrogens is 430 g/mol. The molecule has 3 rings (SSSR count). The van der Waals surface area contributed by atoms with Crippen molar-refractivity contribution in [3.63, 3.8) is 0 Å². The van der Waals surface area contributed by atoms with E-state index >= 15 is 0 Å². The summed E-state index contributed by atoms with van der Waals surface area (Å²) in [6.45, 7) is 4.66. The minimum absolute atomic E-state index is 0.0247. The van der Waals surface area contributed by atoms with E-state index in [1.165, 1.54) is 12.1 Å². The number of nitro groups is 1. The fourth-order valence-corrected chi connectivity index (χ4v) is 3.41. The van der Waals surface area contributed by atoms with Crippen LogP contribution in [0.3, 0.4) is 0 Å². The molecule has 1 heterocycles. The molecular formula is C19H20BrN3O5. The van der Waals surface area contributed by atoms with Crippen LogP contribution in [0, 0.1) is 10.1 Å². The molecule has 0 bridgehead atoms. The molecule has 0 radical (unpaired) electrons. The van der Waals surface area contributed by atoms with Crippen LogP contribution in [0.5, 0.6) is 5.75 Å². The van der Waals surface area contributed by atoms with Gasteiger partial charge in [-0.3, -0.25) is 14.9 Å². The molecule has 1 amide bonds. The average molecular weight is 450 g/mol. The van der Waals surface area contributed by atoms with Crippen molar-refractivity contribution in [1.29, 1.82) is 0 Å². The van der Waals surface area contributed by atoms with Crippen LogP contribution in [-0.2, 0) is 4.74 Å². The summed E-state index contributed by atoms with van der Waals surface area (Å²) in [4.78, 5) is 25.4. The fourth-order valence-electron chi connectivity index (χ4n) is 2.91. The third-order valence-corrected chi connectivity index (χ3v) is 4.91. The van der Waals surface area contributed by atoms with Gasteiger partial charge in [0.15, 0.2) is 0 Å². The molecule has 28 heavy (non-hydrogen) atoms. The minimum Gasteiger partial charge on any atom is -0.493 e. The quantitative estimate of drug-likeness (QED) is 0.531. The molecule has 0 unspecified atom stereocenters. The van der Waals surface area contributed by atoms with E-state index in [1.54, 1.807) is 24.3 Å². The van der Waals surface area contributed by atoms with Crippen LogP contribution in [0.15, 0.2) is 40.9 Å². The van der Waals surface area contributed by atoms with Gasteiger partial charge in [-0.1, -0.05) is 0 Å². The highest BCUT2D eigenvalue weighted by Crippen LogP contribution is 2.32. The number of carbonyl (C=O) groups excluding carboxylic acids is 1. The Hall–Kier alpha value is -2.65. The van der Waals surface area contributed by atoms with Crippen LogP contribution in [-0.4, -0.2) is 43.7 Å².